The maximum absolute atomic E-state index is 12.1. The van der Waals surface area contributed by atoms with Gasteiger partial charge in [-0.3, -0.25) is 0 Å². The first-order valence-corrected chi connectivity index (χ1v) is 9.90. The molecule has 1 atom stereocenters. The van der Waals surface area contributed by atoms with Gasteiger partial charge >= 0.3 is 12.1 Å². The fraction of sp³-hybridized carbons (Fsp3) is 0.652. The average Bonchev–Trinajstić information content (AvgIpc) is 2.49. The lowest BCUT2D eigenvalue weighted by molar-refractivity contribution is -0.139. The summed E-state index contributed by atoms with van der Waals surface area (Å²) in [6, 6.07) is 2.96. The van der Waals surface area contributed by atoms with E-state index in [2.05, 4.69) is 52.9 Å². The van der Waals surface area contributed by atoms with Gasteiger partial charge in [-0.15, -0.1) is 0 Å². The van der Waals surface area contributed by atoms with E-state index in [1.54, 1.807) is 27.9 Å². The Bertz CT molecular complexity index is 748. The number of aliphatic carboxylic acids is 1. The molecule has 29 heavy (non-hydrogen) atoms. The average molecular weight is 408 g/mol. The predicted octanol–water partition coefficient (Wildman–Crippen LogP) is 4.81. The number of carboxylic acids is 1. The normalized spacial score (nSPS) is 13.6. The number of alkyl carbamates (subject to hydrolysis) is 1. The molecule has 1 rings (SSSR count). The number of rotatable bonds is 5. The maximum Gasteiger partial charge on any atom is 0.408 e. The highest BCUT2D eigenvalue weighted by Crippen LogP contribution is 2.38. The van der Waals surface area contributed by atoms with Gasteiger partial charge in [-0.1, -0.05) is 53.7 Å². The van der Waals surface area contributed by atoms with Crippen LogP contribution in [0.25, 0.3) is 0 Å². The fourth-order valence-corrected chi connectivity index (χ4v) is 2.94. The van der Waals surface area contributed by atoms with Crippen LogP contribution in [-0.2, 0) is 26.8 Å². The van der Waals surface area contributed by atoms with E-state index in [9.17, 15) is 14.7 Å². The molecule has 1 aromatic carbocycles. The van der Waals surface area contributed by atoms with Gasteiger partial charge in [0.15, 0.2) is 0 Å². The SMILES string of the molecule is COc1c(CC(NC(=O)OC(C)(C)C)C(=O)O)cc(C(C)(C)C)cc1C(C)(C)C. The Kier molecular flexibility index (Phi) is 7.39. The quantitative estimate of drug-likeness (QED) is 0.732. The summed E-state index contributed by atoms with van der Waals surface area (Å²) < 4.78 is 10.9. The summed E-state index contributed by atoms with van der Waals surface area (Å²) in [5, 5.41) is 12.2. The summed E-state index contributed by atoms with van der Waals surface area (Å²) in [7, 11) is 1.59. The van der Waals surface area contributed by atoms with Crippen LogP contribution in [0.15, 0.2) is 12.1 Å². The molecule has 1 aromatic rings. The molecule has 0 fully saturated rings. The Morgan fingerprint density at radius 2 is 1.55 bits per heavy atom. The summed E-state index contributed by atoms with van der Waals surface area (Å²) in [6.07, 6.45) is -0.669. The van der Waals surface area contributed by atoms with Gasteiger partial charge in [0.1, 0.15) is 17.4 Å². The molecular formula is C23H37NO5. The lowest BCUT2D eigenvalue weighted by atomic mass is 9.78. The molecule has 2 N–H and O–H groups in total. The highest BCUT2D eigenvalue weighted by molar-refractivity contribution is 5.80. The molecule has 0 aliphatic rings. The Labute approximate surface area is 175 Å². The highest BCUT2D eigenvalue weighted by Gasteiger charge is 2.29. The largest absolute Gasteiger partial charge is 0.496 e. The number of carbonyl (C=O) groups excluding carboxylic acids is 1. The van der Waals surface area contributed by atoms with E-state index in [0.717, 1.165) is 16.7 Å². The van der Waals surface area contributed by atoms with Gasteiger partial charge in [-0.25, -0.2) is 9.59 Å². The third-order valence-corrected chi connectivity index (χ3v) is 4.46. The van der Waals surface area contributed by atoms with Crippen molar-refractivity contribution in [3.05, 3.63) is 28.8 Å². The van der Waals surface area contributed by atoms with Crippen molar-refractivity contribution >= 4 is 12.1 Å². The molecule has 6 heteroatoms. The molecule has 0 saturated carbocycles. The number of hydrogen-bond donors (Lipinski definition) is 2. The monoisotopic (exact) mass is 407 g/mol. The van der Waals surface area contributed by atoms with E-state index in [1.807, 2.05) is 6.07 Å². The molecule has 164 valence electrons. The number of carbonyl (C=O) groups is 2. The Balaban J connectivity index is 3.42. The van der Waals surface area contributed by atoms with Gasteiger partial charge in [0.2, 0.25) is 0 Å². The van der Waals surface area contributed by atoms with Gasteiger partial charge in [-0.05, 0) is 42.7 Å². The van der Waals surface area contributed by atoms with Crippen LogP contribution in [0.2, 0.25) is 0 Å². The number of benzene rings is 1. The molecular weight excluding hydrogens is 370 g/mol. The molecule has 0 radical (unpaired) electrons. The van der Waals surface area contributed by atoms with Crippen LogP contribution >= 0.6 is 0 Å². The summed E-state index contributed by atoms with van der Waals surface area (Å²) in [6.45, 7) is 17.8. The topological polar surface area (TPSA) is 84.9 Å². The Morgan fingerprint density at radius 3 is 1.93 bits per heavy atom. The highest BCUT2D eigenvalue weighted by atomic mass is 16.6. The number of hydrogen-bond acceptors (Lipinski definition) is 4. The standard InChI is InChI=1S/C23H37NO5/c1-21(2,3)15-11-14(18(28-10)16(13-15)22(4,5)6)12-17(19(25)26)24-20(27)29-23(7,8)9/h11,13,17H,12H2,1-10H3,(H,24,27)(H,25,26). The minimum Gasteiger partial charge on any atom is -0.496 e. The van der Waals surface area contributed by atoms with Crippen LogP contribution in [-0.4, -0.2) is 35.9 Å². The number of methoxy groups -OCH3 is 1. The third-order valence-electron chi connectivity index (χ3n) is 4.46. The molecule has 1 unspecified atom stereocenters. The number of nitrogens with one attached hydrogen (secondary N) is 1. The third kappa shape index (κ3) is 7.26. The number of amides is 1. The van der Waals surface area contributed by atoms with Crippen LogP contribution in [0.3, 0.4) is 0 Å². The maximum atomic E-state index is 12.1. The van der Waals surface area contributed by atoms with E-state index >= 15 is 0 Å². The smallest absolute Gasteiger partial charge is 0.408 e. The summed E-state index contributed by atoms with van der Waals surface area (Å²) in [4.78, 5) is 24.0. The lowest BCUT2D eigenvalue weighted by Crippen LogP contribution is -2.44. The molecule has 0 spiro atoms. The molecule has 6 nitrogen and oxygen atoms in total. The van der Waals surface area contributed by atoms with E-state index in [1.165, 1.54) is 0 Å². The second-order valence-corrected chi connectivity index (χ2v) is 10.5. The first kappa shape index (κ1) is 24.8. The predicted molar refractivity (Wildman–Crippen MR) is 115 cm³/mol. The second kappa shape index (κ2) is 8.64. The molecule has 0 aliphatic heterocycles. The van der Waals surface area contributed by atoms with Crippen molar-refractivity contribution in [3.8, 4) is 5.75 Å². The van der Waals surface area contributed by atoms with Gasteiger partial charge in [0.05, 0.1) is 7.11 Å². The molecule has 0 bridgehead atoms. The van der Waals surface area contributed by atoms with E-state index in [-0.39, 0.29) is 17.3 Å². The summed E-state index contributed by atoms with van der Waals surface area (Å²) >= 11 is 0. The fourth-order valence-electron chi connectivity index (χ4n) is 2.94. The summed E-state index contributed by atoms with van der Waals surface area (Å²) in [5.74, 6) is -0.473. The zero-order chi connectivity index (χ0) is 22.8. The van der Waals surface area contributed by atoms with Gasteiger partial charge in [0.25, 0.3) is 0 Å². The van der Waals surface area contributed by atoms with E-state index in [0.29, 0.717) is 5.75 Å². The summed E-state index contributed by atoms with van der Waals surface area (Å²) in [5.41, 5.74) is 1.80. The minimum absolute atomic E-state index is 0.0880. The Hall–Kier alpha value is -2.24. The lowest BCUT2D eigenvalue weighted by Gasteiger charge is -2.29. The van der Waals surface area contributed by atoms with Crippen molar-refractivity contribution in [1.29, 1.82) is 0 Å². The minimum atomic E-state index is -1.14. The van der Waals surface area contributed by atoms with Crippen molar-refractivity contribution in [3.63, 3.8) is 0 Å². The molecule has 0 saturated heterocycles. The van der Waals surface area contributed by atoms with Crippen molar-refractivity contribution < 1.29 is 24.2 Å². The molecule has 1 amide bonds. The molecule has 0 heterocycles. The van der Waals surface area contributed by atoms with Crippen LogP contribution < -0.4 is 10.1 Å². The van der Waals surface area contributed by atoms with Gasteiger partial charge in [0, 0.05) is 12.0 Å². The number of ether oxygens (including phenoxy) is 2. The molecule has 0 aliphatic carbocycles. The zero-order valence-corrected chi connectivity index (χ0v) is 19.5. The van der Waals surface area contributed by atoms with Crippen LogP contribution in [0, 0.1) is 0 Å². The van der Waals surface area contributed by atoms with Crippen molar-refractivity contribution in [1.82, 2.24) is 5.32 Å². The zero-order valence-electron chi connectivity index (χ0n) is 19.5. The first-order valence-electron chi connectivity index (χ1n) is 9.90. The van der Waals surface area contributed by atoms with E-state index in [4.69, 9.17) is 9.47 Å². The van der Waals surface area contributed by atoms with Gasteiger partial charge in [-0.2, -0.15) is 0 Å². The van der Waals surface area contributed by atoms with Crippen LogP contribution in [0.4, 0.5) is 4.79 Å². The number of carboxylic acid groups (broad SMARTS) is 1. The van der Waals surface area contributed by atoms with Crippen molar-refractivity contribution in [2.75, 3.05) is 7.11 Å². The molecule has 0 aromatic heterocycles. The second-order valence-electron chi connectivity index (χ2n) is 10.5. The van der Waals surface area contributed by atoms with E-state index < -0.39 is 23.7 Å². The Morgan fingerprint density at radius 1 is 1.00 bits per heavy atom. The first-order chi connectivity index (χ1) is 13.0. The van der Waals surface area contributed by atoms with Gasteiger partial charge < -0.3 is 19.9 Å². The van der Waals surface area contributed by atoms with Crippen LogP contribution in [0.1, 0.15) is 79.0 Å². The van der Waals surface area contributed by atoms with Crippen molar-refractivity contribution in [2.24, 2.45) is 0 Å². The van der Waals surface area contributed by atoms with Crippen LogP contribution in [0.5, 0.6) is 5.75 Å². The van der Waals surface area contributed by atoms with Crippen molar-refractivity contribution in [2.45, 2.75) is 91.2 Å².